The van der Waals surface area contributed by atoms with Gasteiger partial charge >= 0.3 is 0 Å². The summed E-state index contributed by atoms with van der Waals surface area (Å²) in [5, 5.41) is 0. The predicted octanol–water partition coefficient (Wildman–Crippen LogP) is 4.86. The summed E-state index contributed by atoms with van der Waals surface area (Å²) in [7, 11) is 0. The van der Waals surface area contributed by atoms with Crippen molar-refractivity contribution in [3.05, 3.63) is 77.9 Å². The molecular formula is C18H18O. The molecule has 0 heterocycles. The van der Waals surface area contributed by atoms with Gasteiger partial charge in [0.2, 0.25) is 0 Å². The Morgan fingerprint density at radius 3 is 2.26 bits per heavy atom. The van der Waals surface area contributed by atoms with Crippen molar-refractivity contribution in [1.82, 2.24) is 0 Å². The van der Waals surface area contributed by atoms with E-state index in [9.17, 15) is 0 Å². The lowest BCUT2D eigenvalue weighted by molar-refractivity contribution is 0.300. The summed E-state index contributed by atoms with van der Waals surface area (Å²) in [4.78, 5) is 0. The Labute approximate surface area is 114 Å². The molecule has 0 aliphatic rings. The van der Waals surface area contributed by atoms with Gasteiger partial charge in [-0.3, -0.25) is 0 Å². The van der Waals surface area contributed by atoms with Crippen LogP contribution < -0.4 is 0 Å². The summed E-state index contributed by atoms with van der Waals surface area (Å²) < 4.78 is 5.74. The van der Waals surface area contributed by atoms with E-state index in [0.29, 0.717) is 6.61 Å². The van der Waals surface area contributed by atoms with Crippen molar-refractivity contribution >= 4 is 17.9 Å². The molecule has 0 aromatic heterocycles. The van der Waals surface area contributed by atoms with Crippen LogP contribution in [0.4, 0.5) is 0 Å². The molecule has 0 atom stereocenters. The number of ether oxygens (including phenoxy) is 1. The quantitative estimate of drug-likeness (QED) is 0.543. The van der Waals surface area contributed by atoms with Gasteiger partial charge in [0, 0.05) is 5.56 Å². The second-order valence-corrected chi connectivity index (χ2v) is 4.18. The molecule has 0 fully saturated rings. The van der Waals surface area contributed by atoms with E-state index in [0.717, 1.165) is 22.4 Å². The predicted molar refractivity (Wildman–Crippen MR) is 82.5 cm³/mol. The van der Waals surface area contributed by atoms with E-state index in [1.165, 1.54) is 0 Å². The first-order valence-electron chi connectivity index (χ1n) is 6.46. The van der Waals surface area contributed by atoms with Crippen LogP contribution in [0.2, 0.25) is 0 Å². The van der Waals surface area contributed by atoms with Crippen molar-refractivity contribution in [1.29, 1.82) is 0 Å². The molecule has 0 amide bonds. The van der Waals surface area contributed by atoms with E-state index in [1.54, 1.807) is 0 Å². The van der Waals surface area contributed by atoms with Crippen molar-refractivity contribution in [3.63, 3.8) is 0 Å². The van der Waals surface area contributed by atoms with Crippen LogP contribution in [0, 0.1) is 0 Å². The van der Waals surface area contributed by atoms with Crippen molar-refractivity contribution in [2.45, 2.75) is 6.92 Å². The molecule has 0 saturated carbocycles. The van der Waals surface area contributed by atoms with Crippen molar-refractivity contribution in [3.8, 4) is 0 Å². The lowest BCUT2D eigenvalue weighted by Gasteiger charge is -2.09. The number of benzene rings is 2. The molecule has 1 nitrogen and oxygen atoms in total. The average Bonchev–Trinajstić information content (AvgIpc) is 2.48. The minimum atomic E-state index is 0.655. The Bertz CT molecular complexity index is 550. The number of rotatable bonds is 5. The van der Waals surface area contributed by atoms with Gasteiger partial charge in [-0.1, -0.05) is 67.3 Å². The summed E-state index contributed by atoms with van der Waals surface area (Å²) in [5.41, 5.74) is 3.33. The second kappa shape index (κ2) is 6.60. The van der Waals surface area contributed by atoms with Crippen LogP contribution >= 0.6 is 0 Å². The molecule has 2 aromatic rings. The Morgan fingerprint density at radius 2 is 1.68 bits per heavy atom. The Morgan fingerprint density at radius 1 is 1.00 bits per heavy atom. The van der Waals surface area contributed by atoms with Gasteiger partial charge in [0.05, 0.1) is 6.61 Å². The van der Waals surface area contributed by atoms with E-state index in [2.05, 4.69) is 36.9 Å². The SMILES string of the molecule is C=Cc1ccc(C(=Cc2ccccc2)OCC)cc1. The Kier molecular flexibility index (Phi) is 4.57. The first-order chi connectivity index (χ1) is 9.33. The monoisotopic (exact) mass is 250 g/mol. The minimum Gasteiger partial charge on any atom is -0.493 e. The highest BCUT2D eigenvalue weighted by atomic mass is 16.5. The van der Waals surface area contributed by atoms with Crippen LogP contribution in [-0.4, -0.2) is 6.61 Å². The maximum atomic E-state index is 5.74. The van der Waals surface area contributed by atoms with Crippen molar-refractivity contribution in [2.24, 2.45) is 0 Å². The lowest BCUT2D eigenvalue weighted by atomic mass is 10.1. The van der Waals surface area contributed by atoms with E-state index < -0.39 is 0 Å². The van der Waals surface area contributed by atoms with Crippen LogP contribution in [0.3, 0.4) is 0 Å². The molecule has 0 radical (unpaired) electrons. The molecule has 0 bridgehead atoms. The molecular weight excluding hydrogens is 232 g/mol. The molecule has 96 valence electrons. The molecule has 2 aromatic carbocycles. The standard InChI is InChI=1S/C18H18O/c1-3-15-10-12-17(13-11-15)18(19-4-2)14-16-8-6-5-7-9-16/h3,5-14H,1,4H2,2H3. The third-order valence-corrected chi connectivity index (χ3v) is 2.83. The summed E-state index contributed by atoms with van der Waals surface area (Å²) >= 11 is 0. The summed E-state index contributed by atoms with van der Waals surface area (Å²) in [6, 6.07) is 18.4. The van der Waals surface area contributed by atoms with Crippen molar-refractivity contribution < 1.29 is 4.74 Å². The van der Waals surface area contributed by atoms with Gasteiger partial charge < -0.3 is 4.74 Å². The normalized spacial score (nSPS) is 11.1. The molecule has 0 aliphatic heterocycles. The van der Waals surface area contributed by atoms with Gasteiger partial charge in [-0.05, 0) is 24.1 Å². The fourth-order valence-corrected chi connectivity index (χ4v) is 1.85. The summed E-state index contributed by atoms with van der Waals surface area (Å²) in [5.74, 6) is 0.893. The van der Waals surface area contributed by atoms with Crippen LogP contribution in [0.5, 0.6) is 0 Å². The smallest absolute Gasteiger partial charge is 0.127 e. The van der Waals surface area contributed by atoms with Crippen LogP contribution in [-0.2, 0) is 4.74 Å². The highest BCUT2D eigenvalue weighted by Crippen LogP contribution is 2.20. The number of hydrogen-bond donors (Lipinski definition) is 0. The zero-order chi connectivity index (χ0) is 13.5. The minimum absolute atomic E-state index is 0.655. The molecule has 0 spiro atoms. The molecule has 0 saturated heterocycles. The molecule has 19 heavy (non-hydrogen) atoms. The lowest BCUT2D eigenvalue weighted by Crippen LogP contribution is -1.92. The van der Waals surface area contributed by atoms with E-state index in [4.69, 9.17) is 4.74 Å². The summed E-state index contributed by atoms with van der Waals surface area (Å²) in [6.07, 6.45) is 3.90. The maximum Gasteiger partial charge on any atom is 0.127 e. The zero-order valence-corrected chi connectivity index (χ0v) is 11.2. The Hall–Kier alpha value is -2.28. The van der Waals surface area contributed by atoms with Crippen LogP contribution in [0.25, 0.3) is 17.9 Å². The molecule has 2 rings (SSSR count). The van der Waals surface area contributed by atoms with E-state index in [-0.39, 0.29) is 0 Å². The maximum absolute atomic E-state index is 5.74. The molecule has 1 heteroatoms. The first-order valence-corrected chi connectivity index (χ1v) is 6.46. The van der Waals surface area contributed by atoms with Gasteiger partial charge in [0.1, 0.15) is 5.76 Å². The fourth-order valence-electron chi connectivity index (χ4n) is 1.85. The first kappa shape index (κ1) is 13.2. The molecule has 0 N–H and O–H groups in total. The molecule has 0 aliphatic carbocycles. The molecule has 0 unspecified atom stereocenters. The zero-order valence-electron chi connectivity index (χ0n) is 11.2. The van der Waals surface area contributed by atoms with Crippen LogP contribution in [0.15, 0.2) is 61.2 Å². The average molecular weight is 250 g/mol. The van der Waals surface area contributed by atoms with Gasteiger partial charge in [0.25, 0.3) is 0 Å². The van der Waals surface area contributed by atoms with Gasteiger partial charge in [0.15, 0.2) is 0 Å². The topological polar surface area (TPSA) is 9.23 Å². The highest BCUT2D eigenvalue weighted by molar-refractivity contribution is 5.77. The fraction of sp³-hybridized carbons (Fsp3) is 0.111. The Balaban J connectivity index is 2.33. The third-order valence-electron chi connectivity index (χ3n) is 2.83. The van der Waals surface area contributed by atoms with Gasteiger partial charge in [-0.15, -0.1) is 0 Å². The summed E-state index contributed by atoms with van der Waals surface area (Å²) in [6.45, 7) is 6.42. The number of hydrogen-bond acceptors (Lipinski definition) is 1. The highest BCUT2D eigenvalue weighted by Gasteiger charge is 2.02. The second-order valence-electron chi connectivity index (χ2n) is 4.18. The van der Waals surface area contributed by atoms with Crippen LogP contribution in [0.1, 0.15) is 23.6 Å². The van der Waals surface area contributed by atoms with Gasteiger partial charge in [-0.2, -0.15) is 0 Å². The van der Waals surface area contributed by atoms with Gasteiger partial charge in [-0.25, -0.2) is 0 Å². The van der Waals surface area contributed by atoms with Crippen molar-refractivity contribution in [2.75, 3.05) is 6.61 Å². The third kappa shape index (κ3) is 3.59. The van der Waals surface area contributed by atoms with E-state index in [1.807, 2.05) is 43.3 Å². The largest absolute Gasteiger partial charge is 0.493 e. The van der Waals surface area contributed by atoms with E-state index >= 15 is 0 Å².